The summed E-state index contributed by atoms with van der Waals surface area (Å²) in [7, 11) is 0. The Hall–Kier alpha value is -2.28. The number of hydrogen-bond acceptors (Lipinski definition) is 1. The molecule has 0 aliphatic carbocycles. The van der Waals surface area contributed by atoms with E-state index in [0.29, 0.717) is 0 Å². The lowest BCUT2D eigenvalue weighted by atomic mass is 10.0. The Kier molecular flexibility index (Phi) is 9.10. The first kappa shape index (κ1) is 21.4. The fraction of sp³-hybridized carbons (Fsp3) is 0.429. The quantitative estimate of drug-likeness (QED) is 0.288. The van der Waals surface area contributed by atoms with E-state index in [1.807, 2.05) is 0 Å². The molecule has 0 fully saturated rings. The van der Waals surface area contributed by atoms with Gasteiger partial charge in [0.1, 0.15) is 0 Å². The van der Waals surface area contributed by atoms with Crippen molar-refractivity contribution in [2.75, 3.05) is 5.32 Å². The molecule has 0 aromatic heterocycles. The van der Waals surface area contributed by atoms with Crippen molar-refractivity contribution < 1.29 is 0 Å². The lowest BCUT2D eigenvalue weighted by molar-refractivity contribution is 0.556. The second kappa shape index (κ2) is 12.3. The molecular formula is C28H37N. The Morgan fingerprint density at radius 3 is 1.93 bits per heavy atom. The molecule has 0 aliphatic rings. The van der Waals surface area contributed by atoms with Gasteiger partial charge in [-0.05, 0) is 35.9 Å². The van der Waals surface area contributed by atoms with Crippen LogP contribution in [-0.4, -0.2) is 0 Å². The van der Waals surface area contributed by atoms with Crippen LogP contribution in [0, 0.1) is 0 Å². The van der Waals surface area contributed by atoms with Gasteiger partial charge in [0.15, 0.2) is 0 Å². The zero-order chi connectivity index (χ0) is 20.2. The van der Waals surface area contributed by atoms with Crippen LogP contribution in [0.1, 0.15) is 76.7 Å². The van der Waals surface area contributed by atoms with Gasteiger partial charge in [-0.3, -0.25) is 0 Å². The molecule has 3 aromatic carbocycles. The van der Waals surface area contributed by atoms with Crippen LogP contribution in [0.2, 0.25) is 0 Å². The molecule has 0 amide bonds. The Bertz CT molecular complexity index is 846. The minimum Gasteiger partial charge on any atom is -0.355 e. The molecule has 0 aliphatic heterocycles. The molecule has 0 heterocycles. The van der Waals surface area contributed by atoms with Crippen molar-refractivity contribution >= 4 is 22.1 Å². The van der Waals surface area contributed by atoms with Crippen molar-refractivity contribution in [3.8, 4) is 0 Å². The molecule has 0 radical (unpaired) electrons. The Labute approximate surface area is 177 Å². The molecule has 0 unspecified atom stereocenters. The normalized spacial score (nSPS) is 11.1. The predicted molar refractivity (Wildman–Crippen MR) is 129 cm³/mol. The Balaban J connectivity index is 1.46. The van der Waals surface area contributed by atoms with Gasteiger partial charge in [-0.1, -0.05) is 119 Å². The van der Waals surface area contributed by atoms with Crippen LogP contribution in [0.4, 0.5) is 11.4 Å². The van der Waals surface area contributed by atoms with Gasteiger partial charge in [-0.25, -0.2) is 0 Å². The third-order valence-electron chi connectivity index (χ3n) is 5.88. The van der Waals surface area contributed by atoms with E-state index in [1.54, 1.807) is 0 Å². The fourth-order valence-corrected chi connectivity index (χ4v) is 4.14. The minimum absolute atomic E-state index is 1.16. The van der Waals surface area contributed by atoms with Crippen molar-refractivity contribution in [3.05, 3.63) is 72.3 Å². The molecule has 1 heteroatoms. The number of unbranched alkanes of at least 4 members (excludes halogenated alkanes) is 9. The van der Waals surface area contributed by atoms with E-state index in [4.69, 9.17) is 0 Å². The van der Waals surface area contributed by atoms with Crippen molar-refractivity contribution in [2.24, 2.45) is 0 Å². The van der Waals surface area contributed by atoms with Crippen molar-refractivity contribution in [2.45, 2.75) is 77.6 Å². The SMILES string of the molecule is CCCCCCCCCCCCc1ccccc1Nc1cccc2ccccc12. The van der Waals surface area contributed by atoms with E-state index in [2.05, 4.69) is 79.0 Å². The maximum absolute atomic E-state index is 3.70. The summed E-state index contributed by atoms with van der Waals surface area (Å²) >= 11 is 0. The van der Waals surface area contributed by atoms with Crippen LogP contribution in [0.25, 0.3) is 10.8 Å². The highest BCUT2D eigenvalue weighted by Crippen LogP contribution is 2.28. The number of fused-ring (bicyclic) bond motifs is 1. The molecule has 154 valence electrons. The number of rotatable bonds is 13. The van der Waals surface area contributed by atoms with Crippen molar-refractivity contribution in [1.82, 2.24) is 0 Å². The number of benzene rings is 3. The molecule has 0 saturated carbocycles. The van der Waals surface area contributed by atoms with Gasteiger partial charge in [-0.15, -0.1) is 0 Å². The second-order valence-electron chi connectivity index (χ2n) is 8.24. The highest BCUT2D eigenvalue weighted by molar-refractivity contribution is 5.95. The second-order valence-corrected chi connectivity index (χ2v) is 8.24. The Morgan fingerprint density at radius 1 is 0.552 bits per heavy atom. The summed E-state index contributed by atoms with van der Waals surface area (Å²) in [6.07, 6.45) is 15.0. The summed E-state index contributed by atoms with van der Waals surface area (Å²) in [6.45, 7) is 2.29. The third-order valence-corrected chi connectivity index (χ3v) is 5.88. The van der Waals surface area contributed by atoms with Crippen LogP contribution in [0.3, 0.4) is 0 Å². The highest BCUT2D eigenvalue weighted by Gasteiger charge is 2.05. The first-order valence-corrected chi connectivity index (χ1v) is 11.7. The van der Waals surface area contributed by atoms with Crippen LogP contribution >= 0.6 is 0 Å². The van der Waals surface area contributed by atoms with Gasteiger partial charge in [0.05, 0.1) is 0 Å². The van der Waals surface area contributed by atoms with Crippen LogP contribution in [0.15, 0.2) is 66.7 Å². The van der Waals surface area contributed by atoms with Gasteiger partial charge in [-0.2, -0.15) is 0 Å². The van der Waals surface area contributed by atoms with Gasteiger partial charge in [0, 0.05) is 16.8 Å². The van der Waals surface area contributed by atoms with Crippen LogP contribution in [0.5, 0.6) is 0 Å². The molecule has 3 aromatic rings. The molecule has 0 atom stereocenters. The zero-order valence-electron chi connectivity index (χ0n) is 18.1. The number of nitrogens with one attached hydrogen (secondary N) is 1. The Morgan fingerprint density at radius 2 is 1.14 bits per heavy atom. The summed E-state index contributed by atoms with van der Waals surface area (Å²) in [4.78, 5) is 0. The standard InChI is InChI=1S/C28H37N/c1-2-3-4-5-6-7-8-9-10-11-18-25-19-13-15-22-27(25)29-28-23-16-20-24-17-12-14-21-26(24)28/h12-17,19-23,29H,2-11,18H2,1H3. The van der Waals surface area contributed by atoms with Crippen molar-refractivity contribution in [3.63, 3.8) is 0 Å². The first-order valence-electron chi connectivity index (χ1n) is 11.7. The molecule has 0 spiro atoms. The maximum atomic E-state index is 3.70. The van der Waals surface area contributed by atoms with Crippen molar-refractivity contribution in [1.29, 1.82) is 0 Å². The van der Waals surface area contributed by atoms with E-state index in [-0.39, 0.29) is 0 Å². The number of aryl methyl sites for hydroxylation is 1. The number of anilines is 2. The highest BCUT2D eigenvalue weighted by atomic mass is 14.9. The van der Waals surface area contributed by atoms with Gasteiger partial charge in [0.25, 0.3) is 0 Å². The minimum atomic E-state index is 1.16. The lowest BCUT2D eigenvalue weighted by Crippen LogP contribution is -1.97. The average Bonchev–Trinajstić information content (AvgIpc) is 2.76. The predicted octanol–water partition coefficient (Wildman–Crippen LogP) is 9.05. The van der Waals surface area contributed by atoms with E-state index in [9.17, 15) is 0 Å². The average molecular weight is 388 g/mol. The van der Waals surface area contributed by atoms with Crippen LogP contribution < -0.4 is 5.32 Å². The molecule has 0 bridgehead atoms. The number of hydrogen-bond donors (Lipinski definition) is 1. The largest absolute Gasteiger partial charge is 0.355 e. The molecule has 3 rings (SSSR count). The molecule has 29 heavy (non-hydrogen) atoms. The summed E-state index contributed by atoms with van der Waals surface area (Å²) in [5.74, 6) is 0. The van der Waals surface area contributed by atoms with E-state index in [1.165, 1.54) is 91.9 Å². The summed E-state index contributed by atoms with van der Waals surface area (Å²) in [5.41, 5.74) is 3.87. The van der Waals surface area contributed by atoms with E-state index >= 15 is 0 Å². The molecule has 0 saturated heterocycles. The summed E-state index contributed by atoms with van der Waals surface area (Å²) < 4.78 is 0. The van der Waals surface area contributed by atoms with Gasteiger partial charge in [0.2, 0.25) is 0 Å². The van der Waals surface area contributed by atoms with Crippen LogP contribution in [-0.2, 0) is 6.42 Å². The topological polar surface area (TPSA) is 12.0 Å². The third kappa shape index (κ3) is 6.92. The molecule has 1 nitrogen and oxygen atoms in total. The number of para-hydroxylation sites is 1. The first-order chi connectivity index (χ1) is 14.4. The summed E-state index contributed by atoms with van der Waals surface area (Å²) in [6, 6.07) is 23.9. The maximum Gasteiger partial charge on any atom is 0.0463 e. The summed E-state index contributed by atoms with van der Waals surface area (Å²) in [5, 5.41) is 6.26. The lowest BCUT2D eigenvalue weighted by Gasteiger charge is -2.14. The monoisotopic (exact) mass is 387 g/mol. The van der Waals surface area contributed by atoms with Gasteiger partial charge >= 0.3 is 0 Å². The zero-order valence-corrected chi connectivity index (χ0v) is 18.1. The van der Waals surface area contributed by atoms with E-state index in [0.717, 1.165) is 6.42 Å². The van der Waals surface area contributed by atoms with Gasteiger partial charge < -0.3 is 5.32 Å². The molecule has 1 N–H and O–H groups in total. The molecular weight excluding hydrogens is 350 g/mol. The smallest absolute Gasteiger partial charge is 0.0463 e. The van der Waals surface area contributed by atoms with E-state index < -0.39 is 0 Å². The fourth-order valence-electron chi connectivity index (χ4n) is 4.14.